The van der Waals surface area contributed by atoms with Gasteiger partial charge in [0.05, 0.1) is 19.2 Å². The van der Waals surface area contributed by atoms with Crippen LogP contribution in [0.4, 0.5) is 11.4 Å². The number of anilines is 2. The van der Waals surface area contributed by atoms with Crippen LogP contribution < -0.4 is 20.1 Å². The third-order valence-electron chi connectivity index (χ3n) is 4.67. The molecule has 0 fully saturated rings. The number of rotatable bonds is 9. The Labute approximate surface area is 192 Å². The summed E-state index contributed by atoms with van der Waals surface area (Å²) in [5, 5.41) is 5.51. The summed E-state index contributed by atoms with van der Waals surface area (Å²) in [7, 11) is 3.04. The Hall–Kier alpha value is -4.33. The normalized spacial score (nSPS) is 10.1. The maximum Gasteiger partial charge on any atom is 0.260 e. The molecular weight excluding hydrogens is 422 g/mol. The lowest BCUT2D eigenvalue weighted by molar-refractivity contribution is -0.135. The van der Waals surface area contributed by atoms with Crippen molar-refractivity contribution in [2.24, 2.45) is 0 Å². The Bertz CT molecular complexity index is 1120. The van der Waals surface area contributed by atoms with E-state index in [1.165, 1.54) is 19.1 Å². The fourth-order valence-corrected chi connectivity index (χ4v) is 2.95. The van der Waals surface area contributed by atoms with E-state index in [0.29, 0.717) is 22.7 Å². The summed E-state index contributed by atoms with van der Waals surface area (Å²) in [6, 6.07) is 22.6. The smallest absolute Gasteiger partial charge is 0.260 e. The van der Waals surface area contributed by atoms with Crippen molar-refractivity contribution >= 4 is 29.1 Å². The fourth-order valence-electron chi connectivity index (χ4n) is 2.95. The maximum absolute atomic E-state index is 12.6. The molecular formula is C25H25N3O5. The molecule has 0 bridgehead atoms. The summed E-state index contributed by atoms with van der Waals surface area (Å²) >= 11 is 0. The summed E-state index contributed by atoms with van der Waals surface area (Å²) < 4.78 is 10.7. The molecule has 8 heteroatoms. The van der Waals surface area contributed by atoms with Crippen LogP contribution in [0.5, 0.6) is 11.5 Å². The lowest BCUT2D eigenvalue weighted by atomic mass is 10.2. The molecule has 0 saturated carbocycles. The average Bonchev–Trinajstić information content (AvgIpc) is 2.83. The SMILES string of the molecule is COc1cccc(NC(=O)CN(C)C(=O)COc2ccccc2C(=O)Nc2ccccc2)c1. The van der Waals surface area contributed by atoms with Crippen molar-refractivity contribution in [1.82, 2.24) is 4.90 Å². The van der Waals surface area contributed by atoms with Gasteiger partial charge in [0.25, 0.3) is 11.8 Å². The summed E-state index contributed by atoms with van der Waals surface area (Å²) in [5.74, 6) is -0.236. The molecule has 0 aliphatic heterocycles. The maximum atomic E-state index is 12.6. The molecule has 3 aromatic carbocycles. The molecule has 3 aromatic rings. The van der Waals surface area contributed by atoms with Crippen LogP contribution in [-0.4, -0.2) is 49.9 Å². The molecule has 0 saturated heterocycles. The molecule has 0 atom stereocenters. The van der Waals surface area contributed by atoms with Crippen LogP contribution in [0.3, 0.4) is 0 Å². The second-order valence-electron chi connectivity index (χ2n) is 7.13. The predicted octanol–water partition coefficient (Wildman–Crippen LogP) is 3.42. The van der Waals surface area contributed by atoms with E-state index in [0.717, 1.165) is 0 Å². The number of hydrogen-bond donors (Lipinski definition) is 2. The first-order chi connectivity index (χ1) is 16.0. The first-order valence-electron chi connectivity index (χ1n) is 10.2. The van der Waals surface area contributed by atoms with Crippen molar-refractivity contribution in [1.29, 1.82) is 0 Å². The van der Waals surface area contributed by atoms with Crippen LogP contribution >= 0.6 is 0 Å². The number of nitrogens with zero attached hydrogens (tertiary/aromatic N) is 1. The van der Waals surface area contributed by atoms with Gasteiger partial charge < -0.3 is 25.0 Å². The number of methoxy groups -OCH3 is 1. The van der Waals surface area contributed by atoms with Crippen LogP contribution in [0, 0.1) is 0 Å². The van der Waals surface area contributed by atoms with E-state index in [2.05, 4.69) is 10.6 Å². The molecule has 0 radical (unpaired) electrons. The van der Waals surface area contributed by atoms with Gasteiger partial charge in [-0.15, -0.1) is 0 Å². The molecule has 33 heavy (non-hydrogen) atoms. The lowest BCUT2D eigenvalue weighted by Gasteiger charge is -2.18. The highest BCUT2D eigenvalue weighted by molar-refractivity contribution is 6.06. The zero-order valence-corrected chi connectivity index (χ0v) is 18.4. The first-order valence-corrected chi connectivity index (χ1v) is 10.2. The van der Waals surface area contributed by atoms with Crippen LogP contribution in [-0.2, 0) is 9.59 Å². The molecule has 0 aliphatic carbocycles. The predicted molar refractivity (Wildman–Crippen MR) is 126 cm³/mol. The van der Waals surface area contributed by atoms with Crippen molar-refractivity contribution in [2.75, 3.05) is 37.9 Å². The second-order valence-corrected chi connectivity index (χ2v) is 7.13. The van der Waals surface area contributed by atoms with Gasteiger partial charge in [0.1, 0.15) is 11.5 Å². The van der Waals surface area contributed by atoms with E-state index in [1.54, 1.807) is 60.7 Å². The Morgan fingerprint density at radius 1 is 0.848 bits per heavy atom. The van der Waals surface area contributed by atoms with Crippen LogP contribution in [0.1, 0.15) is 10.4 Å². The van der Waals surface area contributed by atoms with E-state index in [4.69, 9.17) is 9.47 Å². The van der Waals surface area contributed by atoms with Gasteiger partial charge in [0, 0.05) is 24.5 Å². The Morgan fingerprint density at radius 2 is 1.55 bits per heavy atom. The molecule has 0 aliphatic rings. The van der Waals surface area contributed by atoms with Crippen LogP contribution in [0.2, 0.25) is 0 Å². The van der Waals surface area contributed by atoms with Crippen molar-refractivity contribution in [3.63, 3.8) is 0 Å². The molecule has 0 spiro atoms. The van der Waals surface area contributed by atoms with Crippen molar-refractivity contribution in [3.05, 3.63) is 84.4 Å². The Morgan fingerprint density at radius 3 is 2.30 bits per heavy atom. The highest BCUT2D eigenvalue weighted by Gasteiger charge is 2.17. The van der Waals surface area contributed by atoms with Gasteiger partial charge in [-0.2, -0.15) is 0 Å². The number of benzene rings is 3. The summed E-state index contributed by atoms with van der Waals surface area (Å²) in [5.41, 5.74) is 1.51. The van der Waals surface area contributed by atoms with Crippen molar-refractivity contribution in [3.8, 4) is 11.5 Å². The third-order valence-corrected chi connectivity index (χ3v) is 4.67. The van der Waals surface area contributed by atoms with Crippen molar-refractivity contribution in [2.45, 2.75) is 0 Å². The Kier molecular flexibility index (Phi) is 8.02. The monoisotopic (exact) mass is 447 g/mol. The first kappa shape index (κ1) is 23.3. The van der Waals surface area contributed by atoms with Gasteiger partial charge in [-0.05, 0) is 36.4 Å². The zero-order chi connectivity index (χ0) is 23.6. The average molecular weight is 447 g/mol. The Balaban J connectivity index is 1.54. The van der Waals surface area contributed by atoms with E-state index >= 15 is 0 Å². The van der Waals surface area contributed by atoms with E-state index < -0.39 is 5.91 Å². The second kappa shape index (κ2) is 11.3. The number of carbonyl (C=O) groups excluding carboxylic acids is 3. The number of para-hydroxylation sites is 2. The quantitative estimate of drug-likeness (QED) is 0.524. The molecule has 2 N–H and O–H groups in total. The lowest BCUT2D eigenvalue weighted by Crippen LogP contribution is -2.37. The number of carbonyl (C=O) groups is 3. The number of ether oxygens (including phenoxy) is 2. The minimum Gasteiger partial charge on any atom is -0.497 e. The number of nitrogens with one attached hydrogen (secondary N) is 2. The van der Waals surface area contributed by atoms with Gasteiger partial charge in [-0.3, -0.25) is 14.4 Å². The van der Waals surface area contributed by atoms with Gasteiger partial charge in [-0.1, -0.05) is 36.4 Å². The summed E-state index contributed by atoms with van der Waals surface area (Å²) in [6.45, 7) is -0.478. The number of likely N-dealkylation sites (N-methyl/N-ethyl adjacent to an activating group) is 1. The molecule has 0 heterocycles. The van der Waals surface area contributed by atoms with Gasteiger partial charge >= 0.3 is 0 Å². The molecule has 0 unspecified atom stereocenters. The number of hydrogen-bond acceptors (Lipinski definition) is 5. The standard InChI is InChI=1S/C25H25N3O5/c1-28(16-23(29)26-19-11-8-12-20(15-19)32-2)24(30)17-33-22-14-7-6-13-21(22)25(31)27-18-9-4-3-5-10-18/h3-15H,16-17H2,1-2H3,(H,26,29)(H,27,31). The highest BCUT2D eigenvalue weighted by Crippen LogP contribution is 2.20. The van der Waals surface area contributed by atoms with Gasteiger partial charge in [-0.25, -0.2) is 0 Å². The van der Waals surface area contributed by atoms with Gasteiger partial charge in [0.2, 0.25) is 5.91 Å². The van der Waals surface area contributed by atoms with Crippen molar-refractivity contribution < 1.29 is 23.9 Å². The van der Waals surface area contributed by atoms with E-state index in [-0.39, 0.29) is 30.7 Å². The fraction of sp³-hybridized carbons (Fsp3) is 0.160. The molecule has 3 amide bonds. The third kappa shape index (κ3) is 6.83. The summed E-state index contributed by atoms with van der Waals surface area (Å²) in [6.07, 6.45) is 0. The number of amides is 3. The zero-order valence-electron chi connectivity index (χ0n) is 18.4. The van der Waals surface area contributed by atoms with E-state index in [9.17, 15) is 14.4 Å². The highest BCUT2D eigenvalue weighted by atomic mass is 16.5. The largest absolute Gasteiger partial charge is 0.497 e. The van der Waals surface area contributed by atoms with Crippen LogP contribution in [0.15, 0.2) is 78.9 Å². The van der Waals surface area contributed by atoms with Gasteiger partial charge in [0.15, 0.2) is 6.61 Å². The van der Waals surface area contributed by atoms with E-state index in [1.807, 2.05) is 18.2 Å². The van der Waals surface area contributed by atoms with Crippen LogP contribution in [0.25, 0.3) is 0 Å². The molecule has 3 rings (SSSR count). The topological polar surface area (TPSA) is 97.0 Å². The molecule has 0 aromatic heterocycles. The summed E-state index contributed by atoms with van der Waals surface area (Å²) in [4.78, 5) is 38.6. The minimum absolute atomic E-state index is 0.157. The molecule has 8 nitrogen and oxygen atoms in total. The minimum atomic E-state index is -0.408. The molecule has 170 valence electrons.